The zero-order valence-corrected chi connectivity index (χ0v) is 17.4. The van der Waals surface area contributed by atoms with Crippen LogP contribution >= 0.6 is 0 Å². The SMILES string of the molecule is C=CCCCCCCCOc1ccc(-c2ncc(OC[C@@H](C)CC)cn2)cc1. The molecule has 1 aromatic heterocycles. The zero-order chi connectivity index (χ0) is 20.0. The highest BCUT2D eigenvalue weighted by Gasteiger charge is 2.05. The molecule has 0 amide bonds. The maximum atomic E-state index is 5.83. The van der Waals surface area contributed by atoms with Crippen molar-refractivity contribution >= 4 is 0 Å². The Morgan fingerprint density at radius 2 is 1.61 bits per heavy atom. The minimum absolute atomic E-state index is 0.532. The number of unbranched alkanes of at least 4 members (excludes halogenated alkanes) is 5. The molecule has 0 saturated carbocycles. The van der Waals surface area contributed by atoms with Gasteiger partial charge in [-0.2, -0.15) is 0 Å². The van der Waals surface area contributed by atoms with Gasteiger partial charge in [0.05, 0.1) is 25.6 Å². The average Bonchev–Trinajstić information content (AvgIpc) is 2.74. The molecule has 0 fully saturated rings. The average molecular weight is 383 g/mol. The smallest absolute Gasteiger partial charge is 0.159 e. The van der Waals surface area contributed by atoms with E-state index in [-0.39, 0.29) is 0 Å². The Bertz CT molecular complexity index is 668. The van der Waals surface area contributed by atoms with Gasteiger partial charge in [0.15, 0.2) is 11.6 Å². The second-order valence-corrected chi connectivity index (χ2v) is 7.28. The Morgan fingerprint density at radius 3 is 2.29 bits per heavy atom. The highest BCUT2D eigenvalue weighted by molar-refractivity contribution is 5.56. The predicted octanol–water partition coefficient (Wildman–Crippen LogP) is 6.47. The molecular formula is C24H34N2O2. The monoisotopic (exact) mass is 382 g/mol. The summed E-state index contributed by atoms with van der Waals surface area (Å²) in [7, 11) is 0. The molecule has 28 heavy (non-hydrogen) atoms. The third-order valence-corrected chi connectivity index (χ3v) is 4.79. The summed E-state index contributed by atoms with van der Waals surface area (Å²) in [6.45, 7) is 9.54. The summed E-state index contributed by atoms with van der Waals surface area (Å²) in [5.41, 5.74) is 0.975. The molecule has 0 unspecified atom stereocenters. The molecule has 0 aliphatic heterocycles. The Morgan fingerprint density at radius 1 is 0.929 bits per heavy atom. The molecule has 0 aliphatic carbocycles. The van der Waals surface area contributed by atoms with E-state index >= 15 is 0 Å². The minimum Gasteiger partial charge on any atom is -0.494 e. The summed E-state index contributed by atoms with van der Waals surface area (Å²) in [5, 5.41) is 0. The third kappa shape index (κ3) is 8.12. The minimum atomic E-state index is 0.532. The Kier molecular flexibility index (Phi) is 10.1. The lowest BCUT2D eigenvalue weighted by Crippen LogP contribution is -2.07. The van der Waals surface area contributed by atoms with Crippen molar-refractivity contribution in [2.75, 3.05) is 13.2 Å². The summed E-state index contributed by atoms with van der Waals surface area (Å²) in [6, 6.07) is 7.96. The van der Waals surface area contributed by atoms with E-state index in [1.54, 1.807) is 12.4 Å². The zero-order valence-electron chi connectivity index (χ0n) is 17.4. The maximum Gasteiger partial charge on any atom is 0.159 e. The number of nitrogens with zero attached hydrogens (tertiary/aromatic N) is 2. The number of benzene rings is 1. The van der Waals surface area contributed by atoms with Crippen molar-refractivity contribution in [1.29, 1.82) is 0 Å². The van der Waals surface area contributed by atoms with Crippen molar-refractivity contribution in [1.82, 2.24) is 9.97 Å². The van der Waals surface area contributed by atoms with E-state index in [9.17, 15) is 0 Å². The standard InChI is InChI=1S/C24H34N2O2/c1-4-6-7-8-9-10-11-16-27-22-14-12-21(13-15-22)24-25-17-23(18-26-24)28-19-20(3)5-2/h4,12-15,17-18,20H,1,5-11,16,19H2,2-3H3/t20-/m0/s1. The molecule has 0 spiro atoms. The van der Waals surface area contributed by atoms with Gasteiger partial charge in [0.1, 0.15) is 5.75 Å². The van der Waals surface area contributed by atoms with Gasteiger partial charge in [0, 0.05) is 5.56 Å². The van der Waals surface area contributed by atoms with E-state index in [4.69, 9.17) is 9.47 Å². The first kappa shape index (κ1) is 21.9. The van der Waals surface area contributed by atoms with Gasteiger partial charge in [-0.3, -0.25) is 0 Å². The van der Waals surface area contributed by atoms with Crippen molar-refractivity contribution in [3.05, 3.63) is 49.3 Å². The number of rotatable bonds is 14. The molecule has 0 aliphatic rings. The number of aromatic nitrogens is 2. The van der Waals surface area contributed by atoms with Crippen LogP contribution in [0.5, 0.6) is 11.5 Å². The fourth-order valence-electron chi connectivity index (χ4n) is 2.71. The Balaban J connectivity index is 1.72. The van der Waals surface area contributed by atoms with Crippen LogP contribution < -0.4 is 9.47 Å². The summed E-state index contributed by atoms with van der Waals surface area (Å²) >= 11 is 0. The van der Waals surface area contributed by atoms with E-state index < -0.39 is 0 Å². The molecule has 2 aromatic rings. The summed E-state index contributed by atoms with van der Waals surface area (Å²) in [5.74, 6) is 2.84. The fraction of sp³-hybridized carbons (Fsp3) is 0.500. The lowest BCUT2D eigenvalue weighted by Gasteiger charge is -2.10. The Labute approximate surface area is 170 Å². The molecule has 0 N–H and O–H groups in total. The van der Waals surface area contributed by atoms with Gasteiger partial charge in [-0.15, -0.1) is 6.58 Å². The summed E-state index contributed by atoms with van der Waals surface area (Å²) < 4.78 is 11.5. The molecule has 0 bridgehead atoms. The van der Waals surface area contributed by atoms with E-state index in [0.717, 1.165) is 37.2 Å². The van der Waals surface area contributed by atoms with Gasteiger partial charge in [-0.1, -0.05) is 45.6 Å². The van der Waals surface area contributed by atoms with Crippen LogP contribution in [0.1, 0.15) is 58.8 Å². The van der Waals surface area contributed by atoms with Crippen LogP contribution in [-0.4, -0.2) is 23.2 Å². The molecule has 1 atom stereocenters. The van der Waals surface area contributed by atoms with Crippen LogP contribution in [0.4, 0.5) is 0 Å². The van der Waals surface area contributed by atoms with Gasteiger partial charge in [0.25, 0.3) is 0 Å². The van der Waals surface area contributed by atoms with Crippen molar-refractivity contribution < 1.29 is 9.47 Å². The van der Waals surface area contributed by atoms with Crippen molar-refractivity contribution in [2.24, 2.45) is 5.92 Å². The summed E-state index contributed by atoms with van der Waals surface area (Å²) in [6.07, 6.45) is 13.8. The molecule has 0 saturated heterocycles. The number of hydrogen-bond donors (Lipinski definition) is 0. The van der Waals surface area contributed by atoms with Crippen LogP contribution in [-0.2, 0) is 0 Å². The first-order chi connectivity index (χ1) is 13.7. The normalized spacial score (nSPS) is 11.8. The van der Waals surface area contributed by atoms with E-state index in [0.29, 0.717) is 24.1 Å². The summed E-state index contributed by atoms with van der Waals surface area (Å²) in [4.78, 5) is 8.83. The molecule has 1 heterocycles. The topological polar surface area (TPSA) is 44.2 Å². The van der Waals surface area contributed by atoms with E-state index in [2.05, 4.69) is 30.4 Å². The second-order valence-electron chi connectivity index (χ2n) is 7.28. The lowest BCUT2D eigenvalue weighted by atomic mass is 10.1. The van der Waals surface area contributed by atoms with Crippen LogP contribution in [0.3, 0.4) is 0 Å². The quantitative estimate of drug-likeness (QED) is 0.277. The Hall–Kier alpha value is -2.36. The molecule has 4 nitrogen and oxygen atoms in total. The van der Waals surface area contributed by atoms with Crippen LogP contribution in [0.2, 0.25) is 0 Å². The molecule has 1 aromatic carbocycles. The van der Waals surface area contributed by atoms with Crippen LogP contribution in [0, 0.1) is 5.92 Å². The fourth-order valence-corrected chi connectivity index (χ4v) is 2.71. The molecule has 4 heteroatoms. The van der Waals surface area contributed by atoms with Crippen molar-refractivity contribution in [3.8, 4) is 22.9 Å². The molecule has 152 valence electrons. The highest BCUT2D eigenvalue weighted by atomic mass is 16.5. The lowest BCUT2D eigenvalue weighted by molar-refractivity contribution is 0.255. The van der Waals surface area contributed by atoms with Gasteiger partial charge in [0.2, 0.25) is 0 Å². The van der Waals surface area contributed by atoms with Crippen LogP contribution in [0.15, 0.2) is 49.3 Å². The number of hydrogen-bond acceptors (Lipinski definition) is 4. The van der Waals surface area contributed by atoms with Crippen molar-refractivity contribution in [3.63, 3.8) is 0 Å². The van der Waals surface area contributed by atoms with Crippen molar-refractivity contribution in [2.45, 2.75) is 58.8 Å². The van der Waals surface area contributed by atoms with Crippen LogP contribution in [0.25, 0.3) is 11.4 Å². The number of allylic oxidation sites excluding steroid dienone is 1. The molecule has 2 rings (SSSR count). The largest absolute Gasteiger partial charge is 0.494 e. The third-order valence-electron chi connectivity index (χ3n) is 4.79. The number of ether oxygens (including phenoxy) is 2. The second kappa shape index (κ2) is 12.9. The van der Waals surface area contributed by atoms with E-state index in [1.807, 2.05) is 30.3 Å². The van der Waals surface area contributed by atoms with Gasteiger partial charge < -0.3 is 9.47 Å². The van der Waals surface area contributed by atoms with Gasteiger partial charge in [-0.05, 0) is 49.4 Å². The first-order valence-electron chi connectivity index (χ1n) is 10.5. The first-order valence-corrected chi connectivity index (χ1v) is 10.5. The maximum absolute atomic E-state index is 5.83. The van der Waals surface area contributed by atoms with Gasteiger partial charge >= 0.3 is 0 Å². The molecule has 0 radical (unpaired) electrons. The predicted molar refractivity (Wildman–Crippen MR) is 116 cm³/mol. The highest BCUT2D eigenvalue weighted by Crippen LogP contribution is 2.21. The van der Waals surface area contributed by atoms with Gasteiger partial charge in [-0.25, -0.2) is 9.97 Å². The molecular weight excluding hydrogens is 348 g/mol. The van der Waals surface area contributed by atoms with E-state index in [1.165, 1.54) is 25.7 Å².